The molecule has 7 N–H and O–H groups in total. The van der Waals surface area contributed by atoms with Gasteiger partial charge in [-0.2, -0.15) is 4.98 Å². The first-order valence-corrected chi connectivity index (χ1v) is 14.6. The Morgan fingerprint density at radius 2 is 1.64 bits per heavy atom. The molecule has 0 bridgehead atoms. The van der Waals surface area contributed by atoms with Gasteiger partial charge in [-0.3, -0.25) is 4.79 Å². The summed E-state index contributed by atoms with van der Waals surface area (Å²) in [5.41, 5.74) is 15.1. The van der Waals surface area contributed by atoms with Crippen LogP contribution in [-0.2, 0) is 4.74 Å². The molecule has 0 fully saturated rings. The molecule has 1 aliphatic heterocycles. The fourth-order valence-corrected chi connectivity index (χ4v) is 5.67. The summed E-state index contributed by atoms with van der Waals surface area (Å²) in [5.74, 6) is -1.93. The third-order valence-electron chi connectivity index (χ3n) is 7.72. The van der Waals surface area contributed by atoms with Gasteiger partial charge in [-0.15, -0.1) is 0 Å². The maximum atomic E-state index is 13.3. The first kappa shape index (κ1) is 31.0. The highest BCUT2D eigenvalue weighted by Gasteiger charge is 2.30. The molecular formula is C33H30N6O8. The van der Waals surface area contributed by atoms with Gasteiger partial charge >= 0.3 is 11.9 Å². The number of benzene rings is 3. The number of pyridine rings is 1. The predicted molar refractivity (Wildman–Crippen MR) is 172 cm³/mol. The van der Waals surface area contributed by atoms with E-state index in [0.29, 0.717) is 28.8 Å². The number of carbonyl (C=O) groups excluding carboxylic acids is 1. The van der Waals surface area contributed by atoms with Gasteiger partial charge in [-0.25, -0.2) is 19.6 Å². The molecule has 14 nitrogen and oxygen atoms in total. The molecule has 6 rings (SSSR count). The minimum absolute atomic E-state index is 0.0233. The fourth-order valence-electron chi connectivity index (χ4n) is 5.67. The number of aromatic carboxylic acids is 2. The van der Waals surface area contributed by atoms with E-state index in [-0.39, 0.29) is 55.7 Å². The second-order valence-electron chi connectivity index (χ2n) is 10.8. The quantitative estimate of drug-likeness (QED) is 0.130. The lowest BCUT2D eigenvalue weighted by molar-refractivity contribution is 0.0681. The summed E-state index contributed by atoms with van der Waals surface area (Å²) in [7, 11) is 0. The number of nitrogens with zero attached hydrogens (tertiary/aromatic N) is 3. The zero-order valence-corrected chi connectivity index (χ0v) is 25.1. The van der Waals surface area contributed by atoms with E-state index < -0.39 is 23.3 Å². The summed E-state index contributed by atoms with van der Waals surface area (Å²) in [6, 6.07) is 15.6. The molecule has 5 aromatic rings. The SMILES string of the molecule is CC1COc2c1c(-c1ccc(C(=O)NCCOCCOc3cc(C(=O)O)nc(C(=O)O)c3)c3ccccc13)cc1nc(N)nc(N)c21. The van der Waals surface area contributed by atoms with Crippen LogP contribution >= 0.6 is 0 Å². The number of hydrogen-bond acceptors (Lipinski definition) is 11. The number of carbonyl (C=O) groups is 3. The molecule has 1 aliphatic rings. The molecule has 3 heterocycles. The van der Waals surface area contributed by atoms with Gasteiger partial charge in [-0.05, 0) is 34.0 Å². The summed E-state index contributed by atoms with van der Waals surface area (Å²) in [4.78, 5) is 47.8. The van der Waals surface area contributed by atoms with Crippen LogP contribution in [0.1, 0.15) is 49.7 Å². The van der Waals surface area contributed by atoms with Crippen molar-refractivity contribution in [3.63, 3.8) is 0 Å². The maximum Gasteiger partial charge on any atom is 0.354 e. The lowest BCUT2D eigenvalue weighted by atomic mass is 9.87. The van der Waals surface area contributed by atoms with E-state index in [4.69, 9.17) is 35.9 Å². The fraction of sp³-hybridized carbons (Fsp3) is 0.212. The number of ether oxygens (including phenoxy) is 3. The van der Waals surface area contributed by atoms with E-state index in [1.54, 1.807) is 6.07 Å². The molecule has 47 heavy (non-hydrogen) atoms. The van der Waals surface area contributed by atoms with Crippen LogP contribution in [-0.4, -0.2) is 76.0 Å². The molecule has 0 saturated heterocycles. The van der Waals surface area contributed by atoms with Crippen molar-refractivity contribution in [2.45, 2.75) is 12.8 Å². The Morgan fingerprint density at radius 3 is 2.36 bits per heavy atom. The largest absolute Gasteiger partial charge is 0.492 e. The number of aromatic nitrogens is 3. The molecule has 3 aromatic carbocycles. The zero-order chi connectivity index (χ0) is 33.2. The molecule has 0 spiro atoms. The van der Waals surface area contributed by atoms with Crippen molar-refractivity contribution < 1.29 is 38.8 Å². The first-order valence-electron chi connectivity index (χ1n) is 14.6. The minimum atomic E-state index is -1.37. The molecular weight excluding hydrogens is 608 g/mol. The van der Waals surface area contributed by atoms with Gasteiger partial charge in [0.05, 0.1) is 30.7 Å². The Balaban J connectivity index is 1.14. The normalized spacial score (nSPS) is 13.7. The number of rotatable bonds is 11. The van der Waals surface area contributed by atoms with Crippen LogP contribution in [0.15, 0.2) is 54.6 Å². The summed E-state index contributed by atoms with van der Waals surface area (Å²) in [6.07, 6.45) is 0. The van der Waals surface area contributed by atoms with E-state index in [2.05, 4.69) is 27.2 Å². The number of nitrogens with one attached hydrogen (secondary N) is 1. The van der Waals surface area contributed by atoms with Crippen LogP contribution < -0.4 is 26.3 Å². The average Bonchev–Trinajstić information content (AvgIpc) is 3.43. The topological polar surface area (TPSA) is 222 Å². The second kappa shape index (κ2) is 12.8. The molecule has 1 amide bonds. The number of fused-ring (bicyclic) bond motifs is 4. The number of amides is 1. The van der Waals surface area contributed by atoms with Crippen molar-refractivity contribution in [1.82, 2.24) is 20.3 Å². The third kappa shape index (κ3) is 6.13. The lowest BCUT2D eigenvalue weighted by Gasteiger charge is -2.17. The summed E-state index contributed by atoms with van der Waals surface area (Å²) < 4.78 is 17.1. The van der Waals surface area contributed by atoms with Gasteiger partial charge in [0.15, 0.2) is 11.4 Å². The van der Waals surface area contributed by atoms with Crippen molar-refractivity contribution in [2.75, 3.05) is 44.4 Å². The average molecular weight is 639 g/mol. The number of nitrogen functional groups attached to an aromatic ring is 2. The molecule has 0 saturated carbocycles. The number of hydrogen-bond donors (Lipinski definition) is 5. The van der Waals surface area contributed by atoms with Crippen LogP contribution in [0.4, 0.5) is 11.8 Å². The van der Waals surface area contributed by atoms with Crippen molar-refractivity contribution in [1.29, 1.82) is 0 Å². The molecule has 0 radical (unpaired) electrons. The highest BCUT2D eigenvalue weighted by molar-refractivity contribution is 6.12. The highest BCUT2D eigenvalue weighted by Crippen LogP contribution is 2.48. The highest BCUT2D eigenvalue weighted by atomic mass is 16.5. The monoisotopic (exact) mass is 638 g/mol. The Bertz CT molecular complexity index is 2040. The molecule has 2 aromatic heterocycles. The zero-order valence-electron chi connectivity index (χ0n) is 25.1. The second-order valence-corrected chi connectivity index (χ2v) is 10.8. The lowest BCUT2D eigenvalue weighted by Crippen LogP contribution is -2.28. The Morgan fingerprint density at radius 1 is 0.915 bits per heavy atom. The summed E-state index contributed by atoms with van der Waals surface area (Å²) in [6.45, 7) is 3.09. The van der Waals surface area contributed by atoms with Gasteiger partial charge < -0.3 is 41.2 Å². The van der Waals surface area contributed by atoms with Gasteiger partial charge in [0.1, 0.15) is 23.9 Å². The summed E-state index contributed by atoms with van der Waals surface area (Å²) in [5, 5.41) is 23.4. The number of carboxylic acid groups (broad SMARTS) is 2. The minimum Gasteiger partial charge on any atom is -0.492 e. The van der Waals surface area contributed by atoms with Gasteiger partial charge in [0.2, 0.25) is 5.95 Å². The third-order valence-corrected chi connectivity index (χ3v) is 7.72. The van der Waals surface area contributed by atoms with Crippen LogP contribution in [0.25, 0.3) is 32.8 Å². The van der Waals surface area contributed by atoms with Crippen LogP contribution in [0, 0.1) is 0 Å². The first-order chi connectivity index (χ1) is 22.6. The van der Waals surface area contributed by atoms with Crippen molar-refractivity contribution >= 4 is 51.3 Å². The van der Waals surface area contributed by atoms with Crippen molar-refractivity contribution in [2.24, 2.45) is 0 Å². The van der Waals surface area contributed by atoms with E-state index in [1.807, 2.05) is 36.4 Å². The predicted octanol–water partition coefficient (Wildman–Crippen LogP) is 3.73. The Hall–Kier alpha value is -6.02. The van der Waals surface area contributed by atoms with Gasteiger partial charge in [-0.1, -0.05) is 37.3 Å². The molecule has 1 unspecified atom stereocenters. The number of carboxylic acids is 2. The van der Waals surface area contributed by atoms with Crippen LogP contribution in [0.2, 0.25) is 0 Å². The van der Waals surface area contributed by atoms with Gasteiger partial charge in [0.25, 0.3) is 5.91 Å². The standard InChI is InChI=1S/C33H30N6O8/c1-16-15-47-28-26(16)22(14-23-27(28)29(34)39-33(35)38-23)20-6-7-21(19-5-3-2-4-18(19)20)30(40)36-8-9-45-10-11-46-17-12-24(31(41)42)37-25(13-17)32(43)44/h2-7,12-14,16H,8-11,15H2,1H3,(H,36,40)(H,41,42)(H,43,44)(H4,34,35,38,39). The van der Waals surface area contributed by atoms with Crippen LogP contribution in [0.3, 0.4) is 0 Å². The number of nitrogens with two attached hydrogens (primary N) is 2. The maximum absolute atomic E-state index is 13.3. The molecule has 240 valence electrons. The van der Waals surface area contributed by atoms with E-state index in [9.17, 15) is 14.4 Å². The van der Waals surface area contributed by atoms with E-state index in [1.165, 1.54) is 0 Å². The van der Waals surface area contributed by atoms with E-state index >= 15 is 0 Å². The van der Waals surface area contributed by atoms with E-state index in [0.717, 1.165) is 39.6 Å². The molecule has 14 heteroatoms. The van der Waals surface area contributed by atoms with Crippen molar-refractivity contribution in [3.8, 4) is 22.6 Å². The number of anilines is 2. The van der Waals surface area contributed by atoms with Gasteiger partial charge in [0, 0.05) is 35.7 Å². The molecule has 1 atom stereocenters. The Kier molecular flexibility index (Phi) is 8.42. The Labute approximate surface area is 267 Å². The van der Waals surface area contributed by atoms with Crippen LogP contribution in [0.5, 0.6) is 11.5 Å². The smallest absolute Gasteiger partial charge is 0.354 e. The van der Waals surface area contributed by atoms with Crippen molar-refractivity contribution in [3.05, 3.63) is 77.1 Å². The summed E-state index contributed by atoms with van der Waals surface area (Å²) >= 11 is 0. The molecule has 0 aliphatic carbocycles.